The zero-order chi connectivity index (χ0) is 11.8. The minimum Gasteiger partial charge on any atom is -0.279 e. The maximum Gasteiger partial charge on any atom is 0.232 e. The number of nitrogens with two attached hydrogens (primary N) is 1. The van der Waals surface area contributed by atoms with Crippen LogP contribution in [0, 0.1) is 0 Å². The second kappa shape index (κ2) is 3.80. The molecule has 2 N–H and O–H groups in total. The van der Waals surface area contributed by atoms with Gasteiger partial charge in [-0.05, 0) is 6.07 Å². The molecular weight excluding hydrogens is 232 g/mol. The molecule has 16 heavy (non-hydrogen) atoms. The summed E-state index contributed by atoms with van der Waals surface area (Å²) in [7, 11) is -3.69. The number of amides is 1. The molecule has 8 heteroatoms. The van der Waals surface area contributed by atoms with Gasteiger partial charge in [-0.1, -0.05) is 0 Å². The van der Waals surface area contributed by atoms with E-state index in [0.29, 0.717) is 0 Å². The Bertz CT molecular complexity index is 501. The van der Waals surface area contributed by atoms with Crippen LogP contribution in [0.2, 0.25) is 0 Å². The van der Waals surface area contributed by atoms with Crippen LogP contribution in [0.5, 0.6) is 0 Å². The number of hydrogen-bond acceptors (Lipinski definition) is 5. The van der Waals surface area contributed by atoms with Gasteiger partial charge < -0.3 is 0 Å². The van der Waals surface area contributed by atoms with E-state index >= 15 is 0 Å². The van der Waals surface area contributed by atoms with E-state index in [4.69, 9.17) is 5.14 Å². The number of anilines is 1. The molecule has 0 bridgehead atoms. The average Bonchev–Trinajstić information content (AvgIpc) is 2.61. The monoisotopic (exact) mass is 242 g/mol. The van der Waals surface area contributed by atoms with Crippen molar-refractivity contribution in [2.24, 2.45) is 5.14 Å². The standard InChI is InChI=1S/C8H10N4O3S/c9-16(14,15)6-4-7(13)12(5-6)8-10-2-1-3-11-8/h1-3,6H,4-5H2,(H2,9,14,15). The molecule has 86 valence electrons. The first kappa shape index (κ1) is 11.0. The molecule has 1 atom stereocenters. The maximum atomic E-state index is 11.6. The quantitative estimate of drug-likeness (QED) is 0.706. The van der Waals surface area contributed by atoms with Crippen LogP contribution >= 0.6 is 0 Å². The number of primary sulfonamides is 1. The number of sulfonamides is 1. The van der Waals surface area contributed by atoms with Gasteiger partial charge in [0.15, 0.2) is 0 Å². The fourth-order valence-corrected chi connectivity index (χ4v) is 2.25. The second-order valence-corrected chi connectivity index (χ2v) is 5.31. The number of nitrogens with zero attached hydrogens (tertiary/aromatic N) is 3. The summed E-state index contributed by atoms with van der Waals surface area (Å²) in [5.74, 6) is -0.121. The fraction of sp³-hybridized carbons (Fsp3) is 0.375. The largest absolute Gasteiger partial charge is 0.279 e. The Morgan fingerprint density at radius 3 is 2.50 bits per heavy atom. The van der Waals surface area contributed by atoms with Gasteiger partial charge >= 0.3 is 0 Å². The van der Waals surface area contributed by atoms with Crippen LogP contribution in [-0.2, 0) is 14.8 Å². The van der Waals surface area contributed by atoms with Gasteiger partial charge in [0.25, 0.3) is 0 Å². The zero-order valence-corrected chi connectivity index (χ0v) is 9.09. The predicted molar refractivity (Wildman–Crippen MR) is 55.9 cm³/mol. The van der Waals surface area contributed by atoms with E-state index in [9.17, 15) is 13.2 Å². The van der Waals surface area contributed by atoms with E-state index in [1.54, 1.807) is 6.07 Å². The highest BCUT2D eigenvalue weighted by atomic mass is 32.2. The van der Waals surface area contributed by atoms with Crippen LogP contribution in [0.15, 0.2) is 18.5 Å². The van der Waals surface area contributed by atoms with Crippen molar-refractivity contribution in [2.45, 2.75) is 11.7 Å². The van der Waals surface area contributed by atoms with Crippen LogP contribution in [0.1, 0.15) is 6.42 Å². The molecule has 0 radical (unpaired) electrons. The van der Waals surface area contributed by atoms with Gasteiger partial charge in [-0.3, -0.25) is 9.69 Å². The van der Waals surface area contributed by atoms with Crippen molar-refractivity contribution in [2.75, 3.05) is 11.4 Å². The number of rotatable bonds is 2. The molecule has 1 aliphatic heterocycles. The Kier molecular flexibility index (Phi) is 2.60. The molecule has 1 unspecified atom stereocenters. The first-order chi connectivity index (χ1) is 7.48. The van der Waals surface area contributed by atoms with Crippen LogP contribution in [0.3, 0.4) is 0 Å². The van der Waals surface area contributed by atoms with Gasteiger partial charge in [0.05, 0.1) is 0 Å². The Morgan fingerprint density at radius 2 is 2.00 bits per heavy atom. The number of carbonyl (C=O) groups excluding carboxylic acids is 1. The van der Waals surface area contributed by atoms with Crippen molar-refractivity contribution < 1.29 is 13.2 Å². The van der Waals surface area contributed by atoms with E-state index in [0.717, 1.165) is 0 Å². The van der Waals surface area contributed by atoms with Gasteiger partial charge in [0.1, 0.15) is 5.25 Å². The van der Waals surface area contributed by atoms with Gasteiger partial charge in [-0.15, -0.1) is 0 Å². The third kappa shape index (κ3) is 2.02. The van der Waals surface area contributed by atoms with E-state index in [-0.39, 0.29) is 24.8 Å². The molecule has 1 aromatic rings. The summed E-state index contributed by atoms with van der Waals surface area (Å²) in [5, 5.41) is 4.12. The summed E-state index contributed by atoms with van der Waals surface area (Å²) in [6.07, 6.45) is 2.86. The lowest BCUT2D eigenvalue weighted by Gasteiger charge is -2.12. The molecule has 2 heterocycles. The van der Waals surface area contributed by atoms with Crippen LogP contribution in [-0.4, -0.2) is 36.1 Å². The Morgan fingerprint density at radius 1 is 1.38 bits per heavy atom. The molecule has 0 aliphatic carbocycles. The lowest BCUT2D eigenvalue weighted by Crippen LogP contribution is -2.32. The summed E-state index contributed by atoms with van der Waals surface area (Å²) in [4.78, 5) is 20.6. The molecule has 0 aromatic carbocycles. The van der Waals surface area contributed by atoms with Crippen molar-refractivity contribution in [3.8, 4) is 0 Å². The Labute approximate surface area is 92.3 Å². The molecule has 1 amide bonds. The van der Waals surface area contributed by atoms with Crippen LogP contribution < -0.4 is 10.0 Å². The molecule has 1 aromatic heterocycles. The van der Waals surface area contributed by atoms with E-state index in [1.165, 1.54) is 17.3 Å². The lowest BCUT2D eigenvalue weighted by molar-refractivity contribution is -0.117. The third-order valence-electron chi connectivity index (χ3n) is 2.35. The van der Waals surface area contributed by atoms with Crippen molar-refractivity contribution in [3.63, 3.8) is 0 Å². The molecule has 7 nitrogen and oxygen atoms in total. The van der Waals surface area contributed by atoms with Crippen molar-refractivity contribution in [1.29, 1.82) is 0 Å². The van der Waals surface area contributed by atoms with E-state index in [1.807, 2.05) is 0 Å². The Balaban J connectivity index is 2.25. The molecule has 1 aliphatic rings. The number of aromatic nitrogens is 2. The molecule has 0 spiro atoms. The van der Waals surface area contributed by atoms with E-state index in [2.05, 4.69) is 9.97 Å². The fourth-order valence-electron chi connectivity index (χ4n) is 1.52. The highest BCUT2D eigenvalue weighted by molar-refractivity contribution is 7.89. The lowest BCUT2D eigenvalue weighted by atomic mass is 10.4. The zero-order valence-electron chi connectivity index (χ0n) is 8.28. The summed E-state index contributed by atoms with van der Waals surface area (Å²) in [6, 6.07) is 1.61. The second-order valence-electron chi connectivity index (χ2n) is 3.47. The number of carbonyl (C=O) groups is 1. The average molecular weight is 242 g/mol. The maximum absolute atomic E-state index is 11.6. The molecule has 1 fully saturated rings. The van der Waals surface area contributed by atoms with Crippen molar-refractivity contribution in [3.05, 3.63) is 18.5 Å². The Hall–Kier alpha value is -1.54. The molecule has 1 saturated heterocycles. The summed E-state index contributed by atoms with van der Waals surface area (Å²) >= 11 is 0. The van der Waals surface area contributed by atoms with Gasteiger partial charge in [0.2, 0.25) is 21.9 Å². The minimum atomic E-state index is -3.69. The van der Waals surface area contributed by atoms with Crippen molar-refractivity contribution in [1.82, 2.24) is 9.97 Å². The normalized spacial score (nSPS) is 21.4. The predicted octanol–water partition coefficient (Wildman–Crippen LogP) is -1.13. The van der Waals surface area contributed by atoms with Crippen LogP contribution in [0.25, 0.3) is 0 Å². The smallest absolute Gasteiger partial charge is 0.232 e. The van der Waals surface area contributed by atoms with Crippen molar-refractivity contribution >= 4 is 21.9 Å². The van der Waals surface area contributed by atoms with Gasteiger partial charge in [-0.25, -0.2) is 23.5 Å². The summed E-state index contributed by atoms with van der Waals surface area (Å²) < 4.78 is 22.2. The van der Waals surface area contributed by atoms with Gasteiger partial charge in [-0.2, -0.15) is 0 Å². The molecule has 0 saturated carbocycles. The van der Waals surface area contributed by atoms with E-state index < -0.39 is 15.3 Å². The first-order valence-electron chi connectivity index (χ1n) is 4.57. The SMILES string of the molecule is NS(=O)(=O)C1CC(=O)N(c2ncccn2)C1. The summed E-state index contributed by atoms with van der Waals surface area (Å²) in [6.45, 7) is 0.0156. The molecular formula is C8H10N4O3S. The summed E-state index contributed by atoms with van der Waals surface area (Å²) in [5.41, 5.74) is 0. The van der Waals surface area contributed by atoms with Crippen LogP contribution in [0.4, 0.5) is 5.95 Å². The number of hydrogen-bond donors (Lipinski definition) is 1. The highest BCUT2D eigenvalue weighted by Crippen LogP contribution is 2.20. The van der Waals surface area contributed by atoms with Gasteiger partial charge in [0, 0.05) is 25.4 Å². The minimum absolute atomic E-state index is 0.0156. The first-order valence-corrected chi connectivity index (χ1v) is 6.18. The topological polar surface area (TPSA) is 106 Å². The highest BCUT2D eigenvalue weighted by Gasteiger charge is 2.38. The third-order valence-corrected chi connectivity index (χ3v) is 3.59. The molecule has 2 rings (SSSR count).